The largest absolute Gasteiger partial charge is 0.482 e. The van der Waals surface area contributed by atoms with Crippen LogP contribution in [0.4, 0.5) is 4.39 Å². The lowest BCUT2D eigenvalue weighted by molar-refractivity contribution is 0.115. The first-order valence-electron chi connectivity index (χ1n) is 14.3. The van der Waals surface area contributed by atoms with Crippen molar-refractivity contribution in [3.8, 4) is 22.9 Å². The second kappa shape index (κ2) is 11.0. The quantitative estimate of drug-likeness (QED) is 0.212. The average molecular weight is 575 g/mol. The van der Waals surface area contributed by atoms with Gasteiger partial charge in [0.15, 0.2) is 8.32 Å². The van der Waals surface area contributed by atoms with Gasteiger partial charge in [0.1, 0.15) is 34.8 Å². The second-order valence-corrected chi connectivity index (χ2v) is 17.4. The van der Waals surface area contributed by atoms with E-state index in [4.69, 9.17) is 14.3 Å². The summed E-state index contributed by atoms with van der Waals surface area (Å²) in [4.78, 5) is 4.16. The summed E-state index contributed by atoms with van der Waals surface area (Å²) in [6.07, 6.45) is 10.5. The third-order valence-corrected chi connectivity index (χ3v) is 13.3. The van der Waals surface area contributed by atoms with Crippen molar-refractivity contribution in [3.63, 3.8) is 0 Å². The summed E-state index contributed by atoms with van der Waals surface area (Å²) in [7, 11) is -1.79. The van der Waals surface area contributed by atoms with E-state index in [-0.39, 0.29) is 5.04 Å². The molecule has 0 amide bonds. The normalized spacial score (nSPS) is 18.8. The molecule has 0 aliphatic heterocycles. The van der Waals surface area contributed by atoms with Crippen LogP contribution in [0.1, 0.15) is 82.5 Å². The second-order valence-electron chi connectivity index (χ2n) is 12.6. The fourth-order valence-electron chi connectivity index (χ4n) is 5.36. The van der Waals surface area contributed by atoms with Crippen LogP contribution in [0.15, 0.2) is 43.0 Å². The van der Waals surface area contributed by atoms with Crippen LogP contribution in [0.5, 0.6) is 5.75 Å². The molecule has 216 valence electrons. The van der Waals surface area contributed by atoms with Gasteiger partial charge in [0, 0.05) is 29.1 Å². The number of nitrogens with zero attached hydrogens (tertiary/aromatic N) is 6. The molecule has 0 radical (unpaired) electrons. The molecule has 0 bridgehead atoms. The molecule has 8 nitrogen and oxygen atoms in total. The van der Waals surface area contributed by atoms with Crippen molar-refractivity contribution in [2.45, 2.75) is 96.7 Å². The lowest BCUT2D eigenvalue weighted by Gasteiger charge is -2.41. The summed E-state index contributed by atoms with van der Waals surface area (Å²) in [5.41, 5.74) is 4.52. The monoisotopic (exact) mass is 574 g/mol. The molecule has 10 heteroatoms. The van der Waals surface area contributed by atoms with Crippen molar-refractivity contribution in [1.82, 2.24) is 24.4 Å². The van der Waals surface area contributed by atoms with E-state index in [0.717, 1.165) is 42.5 Å². The fraction of sp³-hybridized carbons (Fsp3) is 0.484. The first-order chi connectivity index (χ1) is 19.4. The Labute approximate surface area is 242 Å². The van der Waals surface area contributed by atoms with E-state index in [9.17, 15) is 9.65 Å². The summed E-state index contributed by atoms with van der Waals surface area (Å²) >= 11 is 0. The van der Waals surface area contributed by atoms with Gasteiger partial charge in [-0.15, -0.1) is 0 Å². The van der Waals surface area contributed by atoms with Crippen LogP contribution < -0.4 is 4.74 Å². The van der Waals surface area contributed by atoms with E-state index in [1.807, 2.05) is 25.4 Å². The van der Waals surface area contributed by atoms with Crippen molar-refractivity contribution in [3.05, 3.63) is 65.8 Å². The van der Waals surface area contributed by atoms with Gasteiger partial charge in [-0.05, 0) is 75.9 Å². The highest BCUT2D eigenvalue weighted by atomic mass is 28.4. The Balaban J connectivity index is 1.39. The number of ether oxygens (including phenoxy) is 1. The third kappa shape index (κ3) is 5.79. The summed E-state index contributed by atoms with van der Waals surface area (Å²) in [6, 6.07) is 7.41. The van der Waals surface area contributed by atoms with E-state index in [0.29, 0.717) is 34.7 Å². The van der Waals surface area contributed by atoms with Gasteiger partial charge in [-0.3, -0.25) is 9.67 Å². The summed E-state index contributed by atoms with van der Waals surface area (Å²) in [5, 5.41) is 19.1. The van der Waals surface area contributed by atoms with Gasteiger partial charge in [0.2, 0.25) is 0 Å². The number of halogens is 1. The topological polar surface area (TPSA) is 90.3 Å². The van der Waals surface area contributed by atoms with Crippen molar-refractivity contribution in [2.24, 2.45) is 0 Å². The Morgan fingerprint density at radius 1 is 1.10 bits per heavy atom. The molecule has 4 aromatic heterocycles. The molecule has 0 unspecified atom stereocenters. The van der Waals surface area contributed by atoms with Gasteiger partial charge in [-0.25, -0.2) is 8.91 Å². The minimum Gasteiger partial charge on any atom is -0.482 e. The van der Waals surface area contributed by atoms with Crippen LogP contribution in [0.2, 0.25) is 18.1 Å². The van der Waals surface area contributed by atoms with Gasteiger partial charge in [-0.1, -0.05) is 20.8 Å². The van der Waals surface area contributed by atoms with E-state index in [1.165, 1.54) is 18.5 Å². The molecule has 0 aromatic carbocycles. The van der Waals surface area contributed by atoms with Gasteiger partial charge >= 0.3 is 0 Å². The van der Waals surface area contributed by atoms with Crippen molar-refractivity contribution >= 4 is 13.8 Å². The highest BCUT2D eigenvalue weighted by Crippen LogP contribution is 2.41. The van der Waals surface area contributed by atoms with Crippen LogP contribution >= 0.6 is 0 Å². The molecule has 0 spiro atoms. The van der Waals surface area contributed by atoms with Crippen molar-refractivity contribution in [1.29, 1.82) is 5.26 Å². The Morgan fingerprint density at radius 3 is 2.46 bits per heavy atom. The first kappa shape index (κ1) is 29.0. The van der Waals surface area contributed by atoms with Crippen LogP contribution in [-0.2, 0) is 4.43 Å². The fourth-order valence-corrected chi connectivity index (χ4v) is 6.78. The van der Waals surface area contributed by atoms with E-state index in [2.05, 4.69) is 61.6 Å². The Kier molecular flexibility index (Phi) is 7.79. The zero-order chi connectivity index (χ0) is 29.5. The molecular formula is C31H39FN6O2Si. The number of hydrogen-bond acceptors (Lipinski definition) is 6. The zero-order valence-corrected chi connectivity index (χ0v) is 26.0. The molecule has 0 N–H and O–H groups in total. The molecule has 41 heavy (non-hydrogen) atoms. The molecule has 4 aromatic rings. The SMILES string of the molecule is Cc1c(-c2cc(O[C@H](C)c3ccc(F)cn3)c3c(C#N)cnn3c2)cnn1C1CCC(O[Si](C)(C)C(C)(C)C)CC1. The molecule has 1 aliphatic rings. The smallest absolute Gasteiger partial charge is 0.192 e. The van der Waals surface area contributed by atoms with Gasteiger partial charge in [0.25, 0.3) is 0 Å². The summed E-state index contributed by atoms with van der Waals surface area (Å²) in [5.74, 6) is 0.0996. The Morgan fingerprint density at radius 2 is 1.83 bits per heavy atom. The predicted octanol–water partition coefficient (Wildman–Crippen LogP) is 7.56. The van der Waals surface area contributed by atoms with Gasteiger partial charge < -0.3 is 9.16 Å². The standard InChI is InChI=1S/C31H39FN6O2Si/c1-20-27(18-36-38(20)25-9-11-26(12-10-25)40-41(6,7)31(3,4)5)22-14-29(30-23(15-33)16-35-37(30)19-22)39-21(2)28-13-8-24(32)17-34-28/h8,13-14,16-19,21,25-26H,9-12H2,1-7H3/t21-,25?,26?/m1/s1. The van der Waals surface area contributed by atoms with E-state index >= 15 is 0 Å². The highest BCUT2D eigenvalue weighted by molar-refractivity contribution is 6.74. The number of nitriles is 1. The number of pyridine rings is 2. The van der Waals surface area contributed by atoms with Gasteiger partial charge in [-0.2, -0.15) is 15.5 Å². The Hall–Kier alpha value is -3.55. The van der Waals surface area contributed by atoms with Gasteiger partial charge in [0.05, 0.1) is 30.3 Å². The highest BCUT2D eigenvalue weighted by Gasteiger charge is 2.40. The molecule has 1 atom stereocenters. The summed E-state index contributed by atoms with van der Waals surface area (Å²) < 4.78 is 30.3. The maximum Gasteiger partial charge on any atom is 0.192 e. The molecule has 1 saturated carbocycles. The molecule has 1 fully saturated rings. The van der Waals surface area contributed by atoms with Crippen molar-refractivity contribution < 1.29 is 13.6 Å². The number of fused-ring (bicyclic) bond motifs is 1. The van der Waals surface area contributed by atoms with Crippen LogP contribution in [0, 0.1) is 24.1 Å². The minimum absolute atomic E-state index is 0.205. The molecule has 5 rings (SSSR count). The lowest BCUT2D eigenvalue weighted by atomic mass is 9.93. The van der Waals surface area contributed by atoms with Crippen LogP contribution in [0.3, 0.4) is 0 Å². The number of aromatic nitrogens is 5. The molecule has 0 saturated heterocycles. The Bertz CT molecular complexity index is 1570. The minimum atomic E-state index is -1.79. The predicted molar refractivity (Wildman–Crippen MR) is 159 cm³/mol. The average Bonchev–Trinajstić information content (AvgIpc) is 3.52. The first-order valence-corrected chi connectivity index (χ1v) is 17.2. The van der Waals surface area contributed by atoms with Crippen LogP contribution in [0.25, 0.3) is 16.6 Å². The maximum absolute atomic E-state index is 13.4. The van der Waals surface area contributed by atoms with E-state index in [1.54, 1.807) is 10.6 Å². The van der Waals surface area contributed by atoms with Crippen LogP contribution in [-0.4, -0.2) is 38.8 Å². The molecule has 4 heterocycles. The maximum atomic E-state index is 13.4. The zero-order valence-electron chi connectivity index (χ0n) is 25.0. The molecular weight excluding hydrogens is 535 g/mol. The number of hydrogen-bond donors (Lipinski definition) is 0. The third-order valence-electron chi connectivity index (χ3n) is 8.78. The van der Waals surface area contributed by atoms with E-state index < -0.39 is 20.2 Å². The summed E-state index contributed by atoms with van der Waals surface area (Å²) in [6.45, 7) is 15.5. The van der Waals surface area contributed by atoms with Crippen molar-refractivity contribution in [2.75, 3.05) is 0 Å². The lowest BCUT2D eigenvalue weighted by Crippen LogP contribution is -2.44. The molecule has 1 aliphatic carbocycles. The number of rotatable bonds is 7.